The molecule has 0 radical (unpaired) electrons. The summed E-state index contributed by atoms with van der Waals surface area (Å²) in [5, 5.41) is 13.7. The van der Waals surface area contributed by atoms with Gasteiger partial charge in [-0.2, -0.15) is 0 Å². The maximum absolute atomic E-state index is 10.5. The molecule has 2 N–H and O–H groups in total. The van der Waals surface area contributed by atoms with Crippen molar-refractivity contribution in [2.45, 2.75) is 44.8 Å². The van der Waals surface area contributed by atoms with Crippen LogP contribution in [-0.4, -0.2) is 24.3 Å². The lowest BCUT2D eigenvalue weighted by Crippen LogP contribution is -2.27. The van der Waals surface area contributed by atoms with Crippen LogP contribution in [0.25, 0.3) is 0 Å². The molecule has 0 bridgehead atoms. The van der Waals surface area contributed by atoms with Gasteiger partial charge in [0.25, 0.3) is 0 Å². The van der Waals surface area contributed by atoms with Gasteiger partial charge in [0.1, 0.15) is 5.75 Å². The molecule has 1 fully saturated rings. The molecule has 1 aliphatic rings. The Morgan fingerprint density at radius 2 is 2.22 bits per heavy atom. The summed E-state index contributed by atoms with van der Waals surface area (Å²) >= 11 is 0. The van der Waals surface area contributed by atoms with Gasteiger partial charge in [0, 0.05) is 0 Å². The topological polar surface area (TPSA) is 41.5 Å². The zero-order valence-corrected chi connectivity index (χ0v) is 11.3. The SMILES string of the molecule is CCNCCC(C)(O)c1cccc(OC2CC2)c1. The summed E-state index contributed by atoms with van der Waals surface area (Å²) in [5.74, 6) is 0.874. The Morgan fingerprint density at radius 1 is 1.44 bits per heavy atom. The Bertz CT molecular complexity index is 386. The summed E-state index contributed by atoms with van der Waals surface area (Å²) < 4.78 is 5.76. The lowest BCUT2D eigenvalue weighted by atomic mass is 9.92. The molecule has 100 valence electrons. The molecule has 0 saturated heterocycles. The van der Waals surface area contributed by atoms with Crippen molar-refractivity contribution in [1.29, 1.82) is 0 Å². The molecule has 1 unspecified atom stereocenters. The van der Waals surface area contributed by atoms with E-state index >= 15 is 0 Å². The molecule has 1 aromatic carbocycles. The van der Waals surface area contributed by atoms with Crippen molar-refractivity contribution in [3.63, 3.8) is 0 Å². The first-order valence-corrected chi connectivity index (χ1v) is 6.82. The van der Waals surface area contributed by atoms with Crippen LogP contribution >= 0.6 is 0 Å². The molecule has 18 heavy (non-hydrogen) atoms. The predicted octanol–water partition coefficient (Wildman–Crippen LogP) is 2.43. The van der Waals surface area contributed by atoms with Crippen molar-refractivity contribution in [1.82, 2.24) is 5.32 Å². The van der Waals surface area contributed by atoms with E-state index in [-0.39, 0.29) is 0 Å². The zero-order valence-electron chi connectivity index (χ0n) is 11.3. The van der Waals surface area contributed by atoms with Crippen molar-refractivity contribution in [2.24, 2.45) is 0 Å². The molecule has 0 aliphatic heterocycles. The molecule has 3 heteroatoms. The fourth-order valence-corrected chi connectivity index (χ4v) is 1.94. The van der Waals surface area contributed by atoms with Crippen LogP contribution in [0.5, 0.6) is 5.75 Å². The van der Waals surface area contributed by atoms with Crippen molar-refractivity contribution >= 4 is 0 Å². The quantitative estimate of drug-likeness (QED) is 0.729. The van der Waals surface area contributed by atoms with Gasteiger partial charge in [0.05, 0.1) is 11.7 Å². The second-order valence-electron chi connectivity index (χ2n) is 5.22. The van der Waals surface area contributed by atoms with E-state index in [9.17, 15) is 5.11 Å². The first kappa shape index (κ1) is 13.4. The van der Waals surface area contributed by atoms with Gasteiger partial charge in [0.15, 0.2) is 0 Å². The molecule has 2 rings (SSSR count). The normalized spacial score (nSPS) is 18.4. The van der Waals surface area contributed by atoms with Crippen LogP contribution < -0.4 is 10.1 Å². The van der Waals surface area contributed by atoms with Crippen LogP contribution in [0.15, 0.2) is 24.3 Å². The maximum atomic E-state index is 10.5. The van der Waals surface area contributed by atoms with E-state index < -0.39 is 5.60 Å². The number of aliphatic hydroxyl groups is 1. The van der Waals surface area contributed by atoms with Gasteiger partial charge in [-0.15, -0.1) is 0 Å². The van der Waals surface area contributed by atoms with Crippen molar-refractivity contribution < 1.29 is 9.84 Å². The second kappa shape index (κ2) is 5.72. The molecular formula is C15H23NO2. The summed E-state index contributed by atoms with van der Waals surface area (Å²) in [7, 11) is 0. The number of benzene rings is 1. The van der Waals surface area contributed by atoms with E-state index in [1.54, 1.807) is 0 Å². The minimum Gasteiger partial charge on any atom is -0.490 e. The fourth-order valence-electron chi connectivity index (χ4n) is 1.94. The van der Waals surface area contributed by atoms with Gasteiger partial charge in [0.2, 0.25) is 0 Å². The summed E-state index contributed by atoms with van der Waals surface area (Å²) in [4.78, 5) is 0. The molecule has 1 aliphatic carbocycles. The molecular weight excluding hydrogens is 226 g/mol. The highest BCUT2D eigenvalue weighted by Gasteiger charge is 2.26. The number of nitrogens with one attached hydrogen (secondary N) is 1. The monoisotopic (exact) mass is 249 g/mol. The Kier molecular flexibility index (Phi) is 4.25. The van der Waals surface area contributed by atoms with Crippen LogP contribution in [0, 0.1) is 0 Å². The van der Waals surface area contributed by atoms with Crippen LogP contribution in [0.1, 0.15) is 38.7 Å². The van der Waals surface area contributed by atoms with Gasteiger partial charge < -0.3 is 15.2 Å². The maximum Gasteiger partial charge on any atom is 0.120 e. The van der Waals surface area contributed by atoms with Crippen LogP contribution in [-0.2, 0) is 5.60 Å². The Balaban J connectivity index is 2.00. The predicted molar refractivity (Wildman–Crippen MR) is 72.8 cm³/mol. The standard InChI is InChI=1S/C15H23NO2/c1-3-16-10-9-15(2,17)12-5-4-6-14(11-12)18-13-7-8-13/h4-6,11,13,16-17H,3,7-10H2,1-2H3. The average Bonchev–Trinajstić information content (AvgIpc) is 3.14. The number of ether oxygens (including phenoxy) is 1. The van der Waals surface area contributed by atoms with E-state index in [0.29, 0.717) is 12.5 Å². The molecule has 3 nitrogen and oxygen atoms in total. The smallest absolute Gasteiger partial charge is 0.120 e. The van der Waals surface area contributed by atoms with E-state index in [4.69, 9.17) is 4.74 Å². The van der Waals surface area contributed by atoms with E-state index in [1.807, 2.05) is 31.2 Å². The van der Waals surface area contributed by atoms with Crippen LogP contribution in [0.4, 0.5) is 0 Å². The molecule has 0 spiro atoms. The lowest BCUT2D eigenvalue weighted by Gasteiger charge is -2.24. The lowest BCUT2D eigenvalue weighted by molar-refractivity contribution is 0.0478. The molecule has 0 aromatic heterocycles. The molecule has 1 saturated carbocycles. The summed E-state index contributed by atoms with van der Waals surface area (Å²) in [6, 6.07) is 7.84. The zero-order chi connectivity index (χ0) is 13.0. The highest BCUT2D eigenvalue weighted by Crippen LogP contribution is 2.30. The van der Waals surface area contributed by atoms with Crippen molar-refractivity contribution in [3.05, 3.63) is 29.8 Å². The first-order chi connectivity index (χ1) is 8.62. The van der Waals surface area contributed by atoms with Crippen LogP contribution in [0.3, 0.4) is 0 Å². The molecule has 1 atom stereocenters. The number of hydrogen-bond acceptors (Lipinski definition) is 3. The van der Waals surface area contributed by atoms with Gasteiger partial charge in [-0.25, -0.2) is 0 Å². The highest BCUT2D eigenvalue weighted by molar-refractivity contribution is 5.32. The van der Waals surface area contributed by atoms with Crippen LogP contribution in [0.2, 0.25) is 0 Å². The molecule has 1 aromatic rings. The number of hydrogen-bond donors (Lipinski definition) is 2. The summed E-state index contributed by atoms with van der Waals surface area (Å²) in [6.07, 6.45) is 3.41. The highest BCUT2D eigenvalue weighted by atomic mass is 16.5. The van der Waals surface area contributed by atoms with E-state index in [0.717, 1.165) is 37.2 Å². The van der Waals surface area contributed by atoms with Gasteiger partial charge in [-0.05, 0) is 57.0 Å². The largest absolute Gasteiger partial charge is 0.490 e. The number of rotatable bonds is 7. The minimum absolute atomic E-state index is 0.395. The third kappa shape index (κ3) is 3.72. The Morgan fingerprint density at radius 3 is 2.89 bits per heavy atom. The fraction of sp³-hybridized carbons (Fsp3) is 0.600. The average molecular weight is 249 g/mol. The van der Waals surface area contributed by atoms with Gasteiger partial charge in [-0.3, -0.25) is 0 Å². The summed E-state index contributed by atoms with van der Waals surface area (Å²) in [6.45, 7) is 5.68. The van der Waals surface area contributed by atoms with E-state index in [2.05, 4.69) is 12.2 Å². The van der Waals surface area contributed by atoms with E-state index in [1.165, 1.54) is 0 Å². The molecule has 0 amide bonds. The molecule has 0 heterocycles. The van der Waals surface area contributed by atoms with Crippen molar-refractivity contribution in [2.75, 3.05) is 13.1 Å². The Hall–Kier alpha value is -1.06. The van der Waals surface area contributed by atoms with Gasteiger partial charge >= 0.3 is 0 Å². The van der Waals surface area contributed by atoms with Crippen molar-refractivity contribution in [3.8, 4) is 5.75 Å². The van der Waals surface area contributed by atoms with Gasteiger partial charge in [-0.1, -0.05) is 19.1 Å². The Labute approximate surface area is 109 Å². The third-order valence-corrected chi connectivity index (χ3v) is 3.32. The minimum atomic E-state index is -0.801. The second-order valence-corrected chi connectivity index (χ2v) is 5.22. The summed E-state index contributed by atoms with van der Waals surface area (Å²) in [5.41, 5.74) is 0.129. The third-order valence-electron chi connectivity index (χ3n) is 3.32. The first-order valence-electron chi connectivity index (χ1n) is 6.82.